The Hall–Kier alpha value is -3.16. The normalized spacial score (nSPS) is 19.0. The van der Waals surface area contributed by atoms with E-state index in [2.05, 4.69) is 32.8 Å². The topological polar surface area (TPSA) is 82.4 Å². The van der Waals surface area contributed by atoms with Crippen molar-refractivity contribution in [2.45, 2.75) is 32.9 Å². The van der Waals surface area contributed by atoms with Gasteiger partial charge in [-0.05, 0) is 50.1 Å². The number of rotatable bonds is 6. The number of nitrogens with one attached hydrogen (secondary N) is 2. The Kier molecular flexibility index (Phi) is 6.87. The molecule has 2 aromatic carbocycles. The van der Waals surface area contributed by atoms with Gasteiger partial charge in [0.15, 0.2) is 0 Å². The summed E-state index contributed by atoms with van der Waals surface area (Å²) in [5, 5.41) is 20.4. The van der Waals surface area contributed by atoms with Crippen molar-refractivity contribution in [3.63, 3.8) is 0 Å². The van der Waals surface area contributed by atoms with Crippen molar-refractivity contribution in [3.8, 4) is 5.69 Å². The minimum Gasteiger partial charge on any atom is -0.396 e. The third-order valence-electron chi connectivity index (χ3n) is 5.98. The number of aliphatic hydroxyl groups is 1. The van der Waals surface area contributed by atoms with Crippen molar-refractivity contribution >= 4 is 11.7 Å². The highest BCUT2D eigenvalue weighted by atomic mass is 16.3. The minimum atomic E-state index is -0.254. The number of likely N-dealkylation sites (tertiary alicyclic amines) is 1. The standard InChI is InChI=1S/C25H31N5O2/c1-18-13-19(2)30(28-18)23-10-6-9-22(14-23)26-25(32)27-24-11-12-29(16-21(24)17-31)15-20-7-4-3-5-8-20/h3-10,13-14,21,24,31H,11-12,15-17H2,1-2H3,(H2,26,27,32)/t21-,24-/m0/s1. The fraction of sp³-hybridized carbons (Fsp3) is 0.360. The molecule has 3 N–H and O–H groups in total. The van der Waals surface area contributed by atoms with Crippen LogP contribution in [0.15, 0.2) is 60.7 Å². The predicted octanol–water partition coefficient (Wildman–Crippen LogP) is 3.49. The zero-order chi connectivity index (χ0) is 22.5. The molecule has 2 heterocycles. The maximum Gasteiger partial charge on any atom is 0.319 e. The van der Waals surface area contributed by atoms with Crippen LogP contribution in [-0.4, -0.2) is 51.6 Å². The summed E-state index contributed by atoms with van der Waals surface area (Å²) in [6.07, 6.45) is 0.803. The van der Waals surface area contributed by atoms with Gasteiger partial charge in [0.2, 0.25) is 0 Å². The van der Waals surface area contributed by atoms with Gasteiger partial charge in [-0.25, -0.2) is 9.48 Å². The highest BCUT2D eigenvalue weighted by molar-refractivity contribution is 5.89. The van der Waals surface area contributed by atoms with Crippen molar-refractivity contribution in [3.05, 3.63) is 77.6 Å². The molecule has 1 aliphatic rings. The van der Waals surface area contributed by atoms with E-state index in [1.807, 2.05) is 67.1 Å². The molecule has 2 atom stereocenters. The molecule has 0 spiro atoms. The second-order valence-corrected chi connectivity index (χ2v) is 8.55. The van der Waals surface area contributed by atoms with E-state index in [0.29, 0.717) is 5.69 Å². The largest absolute Gasteiger partial charge is 0.396 e. The number of nitrogens with zero attached hydrogens (tertiary/aromatic N) is 3. The van der Waals surface area contributed by atoms with E-state index >= 15 is 0 Å². The van der Waals surface area contributed by atoms with Gasteiger partial charge in [0.1, 0.15) is 0 Å². The average molecular weight is 434 g/mol. The molecule has 7 heteroatoms. The molecule has 7 nitrogen and oxygen atoms in total. The predicted molar refractivity (Wildman–Crippen MR) is 126 cm³/mol. The zero-order valence-corrected chi connectivity index (χ0v) is 18.7. The monoisotopic (exact) mass is 433 g/mol. The summed E-state index contributed by atoms with van der Waals surface area (Å²) in [6, 6.07) is 19.7. The van der Waals surface area contributed by atoms with Crippen molar-refractivity contribution in [2.75, 3.05) is 25.0 Å². The number of anilines is 1. The molecular weight excluding hydrogens is 402 g/mol. The van der Waals surface area contributed by atoms with Gasteiger partial charge < -0.3 is 15.7 Å². The Morgan fingerprint density at radius 2 is 1.94 bits per heavy atom. The third kappa shape index (κ3) is 5.36. The molecule has 3 aromatic rings. The summed E-state index contributed by atoms with van der Waals surface area (Å²) in [5.41, 5.74) is 4.85. The van der Waals surface area contributed by atoms with E-state index in [1.54, 1.807) is 0 Å². The number of amides is 2. The van der Waals surface area contributed by atoms with Crippen LogP contribution in [0.25, 0.3) is 5.69 Å². The van der Waals surface area contributed by atoms with E-state index < -0.39 is 0 Å². The molecule has 0 radical (unpaired) electrons. The molecule has 168 valence electrons. The smallest absolute Gasteiger partial charge is 0.319 e. The van der Waals surface area contributed by atoms with Gasteiger partial charge in [-0.15, -0.1) is 0 Å². The molecule has 1 saturated heterocycles. The Morgan fingerprint density at radius 1 is 1.12 bits per heavy atom. The lowest BCUT2D eigenvalue weighted by Crippen LogP contribution is -2.52. The molecule has 1 aromatic heterocycles. The quantitative estimate of drug-likeness (QED) is 0.556. The number of hydrogen-bond donors (Lipinski definition) is 3. The molecule has 1 fully saturated rings. The first-order chi connectivity index (χ1) is 15.5. The number of carbonyl (C=O) groups excluding carboxylic acids is 1. The second kappa shape index (κ2) is 9.97. The van der Waals surface area contributed by atoms with Crippen LogP contribution in [-0.2, 0) is 6.54 Å². The SMILES string of the molecule is Cc1cc(C)n(-c2cccc(NC(=O)N[C@H]3CCN(Cc4ccccc4)C[C@H]3CO)c2)n1. The van der Waals surface area contributed by atoms with E-state index in [0.717, 1.165) is 43.1 Å². The summed E-state index contributed by atoms with van der Waals surface area (Å²) in [6.45, 7) is 6.50. The summed E-state index contributed by atoms with van der Waals surface area (Å²) in [4.78, 5) is 15.0. The first-order valence-electron chi connectivity index (χ1n) is 11.1. The second-order valence-electron chi connectivity index (χ2n) is 8.55. The van der Waals surface area contributed by atoms with Crippen LogP contribution in [0, 0.1) is 19.8 Å². The van der Waals surface area contributed by atoms with Crippen molar-refractivity contribution in [2.24, 2.45) is 5.92 Å². The molecule has 0 bridgehead atoms. The number of aliphatic hydroxyl groups excluding tert-OH is 1. The number of aryl methyl sites for hydroxylation is 2. The number of hydrogen-bond acceptors (Lipinski definition) is 4. The Balaban J connectivity index is 1.35. The molecular formula is C25H31N5O2. The number of urea groups is 1. The fourth-order valence-corrected chi connectivity index (χ4v) is 4.41. The van der Waals surface area contributed by atoms with Crippen LogP contribution in [0.4, 0.5) is 10.5 Å². The van der Waals surface area contributed by atoms with Crippen molar-refractivity contribution < 1.29 is 9.90 Å². The Bertz CT molecular complexity index is 1050. The van der Waals surface area contributed by atoms with Gasteiger partial charge in [-0.2, -0.15) is 5.10 Å². The Morgan fingerprint density at radius 3 is 2.66 bits per heavy atom. The number of piperidine rings is 1. The lowest BCUT2D eigenvalue weighted by Gasteiger charge is -2.38. The van der Waals surface area contributed by atoms with Crippen LogP contribution < -0.4 is 10.6 Å². The van der Waals surface area contributed by atoms with Crippen molar-refractivity contribution in [1.82, 2.24) is 20.0 Å². The summed E-state index contributed by atoms with van der Waals surface area (Å²) in [5.74, 6) is -0.000698. The molecule has 32 heavy (non-hydrogen) atoms. The number of carbonyl (C=O) groups is 1. The van der Waals surface area contributed by atoms with Crippen LogP contribution in [0.3, 0.4) is 0 Å². The van der Waals surface area contributed by atoms with Gasteiger partial charge in [0, 0.05) is 49.6 Å². The molecule has 1 aliphatic heterocycles. The first kappa shape index (κ1) is 22.0. The highest BCUT2D eigenvalue weighted by Crippen LogP contribution is 2.20. The van der Waals surface area contributed by atoms with Crippen molar-refractivity contribution in [1.29, 1.82) is 0 Å². The van der Waals surface area contributed by atoms with Crippen LogP contribution in [0.1, 0.15) is 23.4 Å². The van der Waals surface area contributed by atoms with E-state index in [4.69, 9.17) is 0 Å². The molecule has 0 unspecified atom stereocenters. The lowest BCUT2D eigenvalue weighted by atomic mass is 9.92. The molecule has 0 saturated carbocycles. The summed E-state index contributed by atoms with van der Waals surface area (Å²) in [7, 11) is 0. The summed E-state index contributed by atoms with van der Waals surface area (Å²) >= 11 is 0. The van der Waals surface area contributed by atoms with Gasteiger partial charge in [0.25, 0.3) is 0 Å². The Labute approximate surface area is 189 Å². The van der Waals surface area contributed by atoms with Gasteiger partial charge in [-0.1, -0.05) is 36.4 Å². The highest BCUT2D eigenvalue weighted by Gasteiger charge is 2.30. The van der Waals surface area contributed by atoms with Gasteiger partial charge in [-0.3, -0.25) is 4.90 Å². The van der Waals surface area contributed by atoms with Gasteiger partial charge >= 0.3 is 6.03 Å². The van der Waals surface area contributed by atoms with Crippen LogP contribution in [0.2, 0.25) is 0 Å². The third-order valence-corrected chi connectivity index (χ3v) is 5.98. The number of benzene rings is 2. The summed E-state index contributed by atoms with van der Waals surface area (Å²) < 4.78 is 1.86. The maximum absolute atomic E-state index is 12.7. The van der Waals surface area contributed by atoms with Gasteiger partial charge in [0.05, 0.1) is 11.4 Å². The number of aromatic nitrogens is 2. The molecule has 2 amide bonds. The zero-order valence-electron chi connectivity index (χ0n) is 18.7. The van der Waals surface area contributed by atoms with E-state index in [-0.39, 0.29) is 24.6 Å². The first-order valence-corrected chi connectivity index (χ1v) is 11.1. The van der Waals surface area contributed by atoms with E-state index in [1.165, 1.54) is 5.56 Å². The molecule has 4 rings (SSSR count). The van der Waals surface area contributed by atoms with Crippen LogP contribution in [0.5, 0.6) is 0 Å². The minimum absolute atomic E-state index is 0.000698. The van der Waals surface area contributed by atoms with E-state index in [9.17, 15) is 9.90 Å². The lowest BCUT2D eigenvalue weighted by molar-refractivity contribution is 0.0895. The fourth-order valence-electron chi connectivity index (χ4n) is 4.41. The maximum atomic E-state index is 12.7. The van der Waals surface area contributed by atoms with Crippen LogP contribution >= 0.6 is 0 Å². The average Bonchev–Trinajstić information content (AvgIpc) is 3.13. The molecule has 0 aliphatic carbocycles.